The highest BCUT2D eigenvalue weighted by molar-refractivity contribution is 7.15. The highest BCUT2D eigenvalue weighted by Crippen LogP contribution is 2.17. The van der Waals surface area contributed by atoms with Gasteiger partial charge in [-0.1, -0.05) is 12.1 Å². The minimum Gasteiger partial charge on any atom is -0.379 e. The number of ether oxygens (including phenoxy) is 1. The van der Waals surface area contributed by atoms with E-state index in [1.165, 1.54) is 21.8 Å². The third-order valence-corrected chi connectivity index (χ3v) is 5.26. The molecule has 3 heterocycles. The third kappa shape index (κ3) is 4.01. The quantitative estimate of drug-likeness (QED) is 0.681. The standard InChI is InChI=1S/C19H20N4O3S/c24-17-10-13(22-19-23(17)7-9-27-19)11-20-16-6-2-1-5-15(16)18(25)21-12-14-4-3-8-26-14/h1-2,5-7,9-10,14,20H,3-4,8,11-12H2,(H,21,25)/t14-/m1/s1. The Morgan fingerprint density at radius 3 is 3.11 bits per heavy atom. The fourth-order valence-corrected chi connectivity index (χ4v) is 3.85. The van der Waals surface area contributed by atoms with Crippen LogP contribution in [-0.2, 0) is 11.3 Å². The van der Waals surface area contributed by atoms with Crippen LogP contribution in [-0.4, -0.2) is 34.5 Å². The van der Waals surface area contributed by atoms with Crippen LogP contribution in [0.25, 0.3) is 4.96 Å². The molecule has 1 aromatic carbocycles. The Labute approximate surface area is 160 Å². The van der Waals surface area contributed by atoms with Gasteiger partial charge in [-0.05, 0) is 25.0 Å². The largest absolute Gasteiger partial charge is 0.379 e. The van der Waals surface area contributed by atoms with Crippen molar-refractivity contribution in [1.82, 2.24) is 14.7 Å². The average Bonchev–Trinajstić information content (AvgIpc) is 3.36. The molecular weight excluding hydrogens is 364 g/mol. The summed E-state index contributed by atoms with van der Waals surface area (Å²) in [4.78, 5) is 29.8. The number of aromatic nitrogens is 2. The van der Waals surface area contributed by atoms with Crippen molar-refractivity contribution < 1.29 is 9.53 Å². The van der Waals surface area contributed by atoms with Gasteiger partial charge in [0.2, 0.25) is 0 Å². The molecule has 1 atom stereocenters. The summed E-state index contributed by atoms with van der Waals surface area (Å²) < 4.78 is 7.06. The lowest BCUT2D eigenvalue weighted by Crippen LogP contribution is -2.32. The van der Waals surface area contributed by atoms with Crippen LogP contribution in [0.1, 0.15) is 28.9 Å². The fraction of sp³-hybridized carbons (Fsp3) is 0.316. The molecule has 27 heavy (non-hydrogen) atoms. The second-order valence-corrected chi connectivity index (χ2v) is 7.26. The molecule has 4 rings (SSSR count). The summed E-state index contributed by atoms with van der Waals surface area (Å²) in [6, 6.07) is 8.82. The molecule has 1 saturated heterocycles. The van der Waals surface area contributed by atoms with E-state index in [0.717, 1.165) is 19.4 Å². The molecule has 0 radical (unpaired) electrons. The molecule has 0 aliphatic carbocycles. The predicted octanol–water partition coefficient (Wildman–Crippen LogP) is 2.28. The number of rotatable bonds is 6. The first-order chi connectivity index (χ1) is 13.2. The number of fused-ring (bicyclic) bond motifs is 1. The van der Waals surface area contributed by atoms with Crippen LogP contribution < -0.4 is 16.2 Å². The van der Waals surface area contributed by atoms with Crippen molar-refractivity contribution in [3.8, 4) is 0 Å². The Bertz CT molecular complexity index is 1010. The number of carbonyl (C=O) groups excluding carboxylic acids is 1. The minimum absolute atomic E-state index is 0.101. The molecule has 2 N–H and O–H groups in total. The SMILES string of the molecule is O=C(NC[C@H]1CCCO1)c1ccccc1NCc1cc(=O)n2ccsc2n1. The zero-order chi connectivity index (χ0) is 18.6. The molecule has 2 aromatic heterocycles. The van der Waals surface area contributed by atoms with Gasteiger partial charge in [-0.2, -0.15) is 0 Å². The van der Waals surface area contributed by atoms with Gasteiger partial charge in [0.15, 0.2) is 4.96 Å². The van der Waals surface area contributed by atoms with Crippen LogP contribution in [0.4, 0.5) is 5.69 Å². The first-order valence-corrected chi connectivity index (χ1v) is 9.77. The summed E-state index contributed by atoms with van der Waals surface area (Å²) in [5, 5.41) is 7.99. The summed E-state index contributed by atoms with van der Waals surface area (Å²) in [5.74, 6) is -0.143. The van der Waals surface area contributed by atoms with Crippen LogP contribution >= 0.6 is 11.3 Å². The lowest BCUT2D eigenvalue weighted by atomic mass is 10.1. The lowest BCUT2D eigenvalue weighted by molar-refractivity contribution is 0.0858. The minimum atomic E-state index is -0.143. The maximum atomic E-state index is 12.6. The third-order valence-electron chi connectivity index (χ3n) is 4.50. The van der Waals surface area contributed by atoms with E-state index in [2.05, 4.69) is 15.6 Å². The Hall–Kier alpha value is -2.71. The Morgan fingerprint density at radius 2 is 2.26 bits per heavy atom. The predicted molar refractivity (Wildman–Crippen MR) is 104 cm³/mol. The van der Waals surface area contributed by atoms with E-state index >= 15 is 0 Å². The van der Waals surface area contributed by atoms with Crippen molar-refractivity contribution in [2.24, 2.45) is 0 Å². The number of thiazole rings is 1. The molecule has 3 aromatic rings. The summed E-state index contributed by atoms with van der Waals surface area (Å²) in [5.41, 5.74) is 1.79. The monoisotopic (exact) mass is 384 g/mol. The van der Waals surface area contributed by atoms with Crippen LogP contribution in [0.3, 0.4) is 0 Å². The second-order valence-electron chi connectivity index (χ2n) is 6.39. The first-order valence-electron chi connectivity index (χ1n) is 8.89. The number of hydrogen-bond acceptors (Lipinski definition) is 6. The molecule has 1 aliphatic rings. The first kappa shape index (κ1) is 17.7. The van der Waals surface area contributed by atoms with Crippen molar-refractivity contribution in [3.63, 3.8) is 0 Å². The maximum Gasteiger partial charge on any atom is 0.258 e. The second kappa shape index (κ2) is 7.89. The Kier molecular flexibility index (Phi) is 5.17. The molecule has 1 amide bonds. The normalized spacial score (nSPS) is 16.5. The molecule has 1 fully saturated rings. The van der Waals surface area contributed by atoms with Crippen LogP contribution in [0.2, 0.25) is 0 Å². The molecule has 0 spiro atoms. The van der Waals surface area contributed by atoms with Crippen LogP contribution in [0.5, 0.6) is 0 Å². The number of para-hydroxylation sites is 1. The number of amides is 1. The number of benzene rings is 1. The van der Waals surface area contributed by atoms with Gasteiger partial charge in [-0.25, -0.2) is 4.98 Å². The van der Waals surface area contributed by atoms with Gasteiger partial charge in [0.25, 0.3) is 11.5 Å². The van der Waals surface area contributed by atoms with E-state index in [-0.39, 0.29) is 17.6 Å². The van der Waals surface area contributed by atoms with Gasteiger partial charge in [0, 0.05) is 36.5 Å². The number of carbonyl (C=O) groups is 1. The highest BCUT2D eigenvalue weighted by Gasteiger charge is 2.18. The average molecular weight is 384 g/mol. The highest BCUT2D eigenvalue weighted by atomic mass is 32.1. The molecule has 0 bridgehead atoms. The van der Waals surface area contributed by atoms with E-state index in [0.29, 0.717) is 35.0 Å². The smallest absolute Gasteiger partial charge is 0.258 e. The van der Waals surface area contributed by atoms with Crippen molar-refractivity contribution >= 4 is 27.9 Å². The zero-order valence-electron chi connectivity index (χ0n) is 14.7. The fourth-order valence-electron chi connectivity index (χ4n) is 3.11. The van der Waals surface area contributed by atoms with E-state index in [9.17, 15) is 9.59 Å². The van der Waals surface area contributed by atoms with E-state index in [1.807, 2.05) is 23.6 Å². The molecule has 8 heteroatoms. The summed E-state index contributed by atoms with van der Waals surface area (Å²) in [6.45, 7) is 1.64. The molecule has 140 valence electrons. The zero-order valence-corrected chi connectivity index (χ0v) is 15.5. The molecular formula is C19H20N4O3S. The van der Waals surface area contributed by atoms with Crippen LogP contribution in [0.15, 0.2) is 46.7 Å². The van der Waals surface area contributed by atoms with Gasteiger partial charge >= 0.3 is 0 Å². The van der Waals surface area contributed by atoms with Crippen LogP contribution in [0, 0.1) is 0 Å². The van der Waals surface area contributed by atoms with E-state index in [1.54, 1.807) is 12.3 Å². The summed E-state index contributed by atoms with van der Waals surface area (Å²) >= 11 is 1.41. The summed E-state index contributed by atoms with van der Waals surface area (Å²) in [7, 11) is 0. The Balaban J connectivity index is 1.45. The summed E-state index contributed by atoms with van der Waals surface area (Å²) in [6.07, 6.45) is 3.83. The van der Waals surface area contributed by atoms with Gasteiger partial charge in [-0.15, -0.1) is 11.3 Å². The topological polar surface area (TPSA) is 84.7 Å². The number of nitrogens with one attached hydrogen (secondary N) is 2. The van der Waals surface area contributed by atoms with Crippen molar-refractivity contribution in [1.29, 1.82) is 0 Å². The van der Waals surface area contributed by atoms with Crippen molar-refractivity contribution in [3.05, 3.63) is 63.5 Å². The Morgan fingerprint density at radius 1 is 1.37 bits per heavy atom. The molecule has 7 nitrogen and oxygen atoms in total. The lowest BCUT2D eigenvalue weighted by Gasteiger charge is -2.14. The van der Waals surface area contributed by atoms with E-state index < -0.39 is 0 Å². The van der Waals surface area contributed by atoms with E-state index in [4.69, 9.17) is 4.74 Å². The van der Waals surface area contributed by atoms with Gasteiger partial charge in [0.05, 0.1) is 23.9 Å². The number of hydrogen-bond donors (Lipinski definition) is 2. The molecule has 1 aliphatic heterocycles. The molecule has 0 unspecified atom stereocenters. The van der Waals surface area contributed by atoms with Gasteiger partial charge in [0.1, 0.15) is 0 Å². The van der Waals surface area contributed by atoms with Crippen molar-refractivity contribution in [2.45, 2.75) is 25.5 Å². The maximum absolute atomic E-state index is 12.6. The number of nitrogens with zero attached hydrogens (tertiary/aromatic N) is 2. The number of anilines is 1. The van der Waals surface area contributed by atoms with Gasteiger partial charge in [-0.3, -0.25) is 14.0 Å². The van der Waals surface area contributed by atoms with Gasteiger partial charge < -0.3 is 15.4 Å². The molecule has 0 saturated carbocycles. The van der Waals surface area contributed by atoms with Crippen molar-refractivity contribution in [2.75, 3.05) is 18.5 Å².